The van der Waals surface area contributed by atoms with Crippen molar-refractivity contribution in [3.8, 4) is 5.75 Å². The van der Waals surface area contributed by atoms with E-state index < -0.39 is 0 Å². The molecule has 2 aromatic rings. The number of benzene rings is 2. The summed E-state index contributed by atoms with van der Waals surface area (Å²) < 4.78 is 19.1. The van der Waals surface area contributed by atoms with Gasteiger partial charge in [-0.25, -0.2) is 4.39 Å². The van der Waals surface area contributed by atoms with Gasteiger partial charge in [-0.3, -0.25) is 0 Å². The highest BCUT2D eigenvalue weighted by atomic mass is 79.9. The second kappa shape index (κ2) is 5.72. The van der Waals surface area contributed by atoms with Crippen LogP contribution in [-0.2, 0) is 0 Å². The summed E-state index contributed by atoms with van der Waals surface area (Å²) in [5.74, 6) is 0.0917. The third-order valence-electron chi connectivity index (χ3n) is 3.13. The van der Waals surface area contributed by atoms with Gasteiger partial charge >= 0.3 is 0 Å². The van der Waals surface area contributed by atoms with Gasteiger partial charge < -0.3 is 10.5 Å². The van der Waals surface area contributed by atoms with E-state index in [9.17, 15) is 4.39 Å². The van der Waals surface area contributed by atoms with Crippen LogP contribution < -0.4 is 10.5 Å². The average molecular weight is 324 g/mol. The molecule has 0 radical (unpaired) electrons. The lowest BCUT2D eigenvalue weighted by Crippen LogP contribution is -2.14. The van der Waals surface area contributed by atoms with Crippen molar-refractivity contribution in [3.05, 3.63) is 63.4 Å². The highest BCUT2D eigenvalue weighted by Crippen LogP contribution is 2.33. The third kappa shape index (κ3) is 2.80. The molecule has 0 spiro atoms. The lowest BCUT2D eigenvalue weighted by Gasteiger charge is -2.18. The van der Waals surface area contributed by atoms with E-state index >= 15 is 0 Å². The van der Waals surface area contributed by atoms with Crippen molar-refractivity contribution in [2.75, 3.05) is 7.11 Å². The second-order valence-electron chi connectivity index (χ2n) is 4.34. The summed E-state index contributed by atoms with van der Waals surface area (Å²) in [7, 11) is 1.51. The zero-order valence-electron chi connectivity index (χ0n) is 10.8. The van der Waals surface area contributed by atoms with Crippen molar-refractivity contribution in [2.45, 2.75) is 13.0 Å². The number of hydrogen-bond acceptors (Lipinski definition) is 2. The maximum Gasteiger partial charge on any atom is 0.141 e. The number of ether oxygens (including phenoxy) is 1. The monoisotopic (exact) mass is 323 g/mol. The minimum atomic E-state index is -0.363. The molecule has 0 aromatic heterocycles. The summed E-state index contributed by atoms with van der Waals surface area (Å²) in [5.41, 5.74) is 9.14. The fourth-order valence-electron chi connectivity index (χ4n) is 2.07. The molecule has 0 saturated carbocycles. The van der Waals surface area contributed by atoms with Crippen LogP contribution in [0, 0.1) is 12.7 Å². The van der Waals surface area contributed by atoms with Crippen molar-refractivity contribution >= 4 is 15.9 Å². The van der Waals surface area contributed by atoms with Crippen LogP contribution in [0.1, 0.15) is 22.7 Å². The quantitative estimate of drug-likeness (QED) is 0.928. The Morgan fingerprint density at radius 3 is 2.53 bits per heavy atom. The first-order valence-electron chi connectivity index (χ1n) is 5.88. The summed E-state index contributed by atoms with van der Waals surface area (Å²) in [4.78, 5) is 0. The molecule has 1 atom stereocenters. The van der Waals surface area contributed by atoms with Gasteiger partial charge in [0, 0.05) is 11.6 Å². The summed E-state index contributed by atoms with van der Waals surface area (Å²) >= 11 is 3.18. The molecule has 100 valence electrons. The van der Waals surface area contributed by atoms with Gasteiger partial charge in [0.05, 0.1) is 17.6 Å². The molecule has 2 nitrogen and oxygen atoms in total. The number of halogens is 2. The molecular formula is C15H15BrFNO. The first-order chi connectivity index (χ1) is 9.04. The number of aryl methyl sites for hydroxylation is 1. The van der Waals surface area contributed by atoms with Crippen LogP contribution in [0.3, 0.4) is 0 Å². The van der Waals surface area contributed by atoms with Crippen LogP contribution >= 0.6 is 15.9 Å². The number of hydrogen-bond donors (Lipinski definition) is 1. The van der Waals surface area contributed by atoms with Gasteiger partial charge in [0.1, 0.15) is 11.6 Å². The Labute approximate surface area is 120 Å². The Kier molecular flexibility index (Phi) is 4.22. The van der Waals surface area contributed by atoms with Gasteiger partial charge in [0.2, 0.25) is 0 Å². The van der Waals surface area contributed by atoms with Gasteiger partial charge in [-0.15, -0.1) is 0 Å². The molecule has 1 unspecified atom stereocenters. The van der Waals surface area contributed by atoms with Crippen LogP contribution in [0.5, 0.6) is 5.75 Å². The van der Waals surface area contributed by atoms with E-state index in [4.69, 9.17) is 10.5 Å². The second-order valence-corrected chi connectivity index (χ2v) is 5.20. The van der Waals surface area contributed by atoms with Crippen LogP contribution in [-0.4, -0.2) is 7.11 Å². The predicted molar refractivity (Wildman–Crippen MR) is 77.9 cm³/mol. The lowest BCUT2D eigenvalue weighted by molar-refractivity contribution is 0.404. The Hall–Kier alpha value is -1.39. The van der Waals surface area contributed by atoms with Crippen LogP contribution in [0.4, 0.5) is 4.39 Å². The normalized spacial score (nSPS) is 12.3. The Morgan fingerprint density at radius 1 is 1.21 bits per heavy atom. The molecular weight excluding hydrogens is 309 g/mol. The van der Waals surface area contributed by atoms with Crippen molar-refractivity contribution in [1.82, 2.24) is 0 Å². The topological polar surface area (TPSA) is 35.2 Å². The van der Waals surface area contributed by atoms with Gasteiger partial charge in [-0.05, 0) is 40.0 Å². The summed E-state index contributed by atoms with van der Waals surface area (Å²) in [6.07, 6.45) is 0. The SMILES string of the molecule is COc1cc(F)c(Br)cc1C(N)c1ccccc1C. The highest BCUT2D eigenvalue weighted by Gasteiger charge is 2.18. The third-order valence-corrected chi connectivity index (χ3v) is 3.74. The molecule has 0 amide bonds. The zero-order valence-corrected chi connectivity index (χ0v) is 12.4. The smallest absolute Gasteiger partial charge is 0.141 e. The van der Waals surface area contributed by atoms with Crippen LogP contribution in [0.15, 0.2) is 40.9 Å². The van der Waals surface area contributed by atoms with E-state index in [1.165, 1.54) is 13.2 Å². The Morgan fingerprint density at radius 2 is 1.89 bits per heavy atom. The van der Waals surface area contributed by atoms with Gasteiger partial charge in [0.25, 0.3) is 0 Å². The van der Waals surface area contributed by atoms with Crippen LogP contribution in [0.25, 0.3) is 0 Å². The molecule has 0 aliphatic rings. The maximum atomic E-state index is 13.5. The Balaban J connectivity index is 2.52. The molecule has 2 rings (SSSR count). The van der Waals surface area contributed by atoms with Crippen molar-refractivity contribution in [3.63, 3.8) is 0 Å². The largest absolute Gasteiger partial charge is 0.496 e. The van der Waals surface area contributed by atoms with E-state index in [1.54, 1.807) is 6.07 Å². The molecule has 0 saturated heterocycles. The van der Waals surface area contributed by atoms with E-state index in [0.29, 0.717) is 10.2 Å². The first-order valence-corrected chi connectivity index (χ1v) is 6.68. The summed E-state index contributed by atoms with van der Waals surface area (Å²) in [6, 6.07) is 10.5. The van der Waals surface area contributed by atoms with E-state index in [0.717, 1.165) is 16.7 Å². The van der Waals surface area contributed by atoms with Crippen molar-refractivity contribution < 1.29 is 9.13 Å². The zero-order chi connectivity index (χ0) is 14.0. The molecule has 0 aliphatic heterocycles. The molecule has 4 heteroatoms. The highest BCUT2D eigenvalue weighted by molar-refractivity contribution is 9.10. The number of nitrogens with two attached hydrogens (primary N) is 1. The van der Waals surface area contributed by atoms with Crippen molar-refractivity contribution in [1.29, 1.82) is 0 Å². The van der Waals surface area contributed by atoms with E-state index in [1.807, 2.05) is 31.2 Å². The summed E-state index contributed by atoms with van der Waals surface area (Å²) in [6.45, 7) is 2.00. The van der Waals surface area contributed by atoms with Gasteiger partial charge in [-0.1, -0.05) is 24.3 Å². The molecule has 2 aromatic carbocycles. The summed E-state index contributed by atoms with van der Waals surface area (Å²) in [5, 5.41) is 0. The minimum absolute atomic E-state index is 0.354. The predicted octanol–water partition coefficient (Wildman–Crippen LogP) is 3.95. The molecule has 0 fully saturated rings. The lowest BCUT2D eigenvalue weighted by atomic mass is 9.95. The van der Waals surface area contributed by atoms with Crippen LogP contribution in [0.2, 0.25) is 0 Å². The molecule has 0 heterocycles. The molecule has 0 bridgehead atoms. The van der Waals surface area contributed by atoms with Gasteiger partial charge in [-0.2, -0.15) is 0 Å². The minimum Gasteiger partial charge on any atom is -0.496 e. The fraction of sp³-hybridized carbons (Fsp3) is 0.200. The molecule has 19 heavy (non-hydrogen) atoms. The Bertz CT molecular complexity index is 601. The average Bonchev–Trinajstić information content (AvgIpc) is 2.41. The molecule has 2 N–H and O–H groups in total. The number of rotatable bonds is 3. The fourth-order valence-corrected chi connectivity index (χ4v) is 2.43. The van der Waals surface area contributed by atoms with Crippen molar-refractivity contribution in [2.24, 2.45) is 5.73 Å². The number of methoxy groups -OCH3 is 1. The molecule has 0 aliphatic carbocycles. The first kappa shape index (κ1) is 14.0. The standard InChI is InChI=1S/C15H15BrFNO/c1-9-5-3-4-6-10(9)15(18)11-7-12(16)13(17)8-14(11)19-2/h3-8,15H,18H2,1-2H3. The van der Waals surface area contributed by atoms with Gasteiger partial charge in [0.15, 0.2) is 0 Å². The maximum absolute atomic E-state index is 13.5. The van der Waals surface area contributed by atoms with E-state index in [2.05, 4.69) is 15.9 Å². The van der Waals surface area contributed by atoms with E-state index in [-0.39, 0.29) is 11.9 Å².